The maximum Gasteiger partial charge on any atom is 0.0702 e. The van der Waals surface area contributed by atoms with Gasteiger partial charge in [0.15, 0.2) is 0 Å². The number of hydrogen-bond acceptors (Lipinski definition) is 1. The summed E-state index contributed by atoms with van der Waals surface area (Å²) in [5.41, 5.74) is 0. The molecule has 0 saturated carbocycles. The Bertz CT molecular complexity index is 66.1. The van der Waals surface area contributed by atoms with Crippen LogP contribution in [0.2, 0.25) is 0 Å². The summed E-state index contributed by atoms with van der Waals surface area (Å²) in [5, 5.41) is -0.727. The second-order valence-corrected chi connectivity index (χ2v) is 2.25. The average Bonchev–Trinajstić information content (AvgIpc) is 1.82. The van der Waals surface area contributed by atoms with Crippen molar-refractivity contribution in [2.24, 2.45) is 0 Å². The van der Waals surface area contributed by atoms with Crippen molar-refractivity contribution in [2.45, 2.75) is 39.2 Å². The highest BCUT2D eigenvalue weighted by atomic mass is 19.4. The van der Waals surface area contributed by atoms with E-state index in [0.29, 0.717) is 6.42 Å². The summed E-state index contributed by atoms with van der Waals surface area (Å²) in [6.07, 6.45) is 2.45. The Balaban J connectivity index is 3.16. The zero-order valence-electron chi connectivity index (χ0n) is 5.90. The molecule has 0 amide bonds. The van der Waals surface area contributed by atoms with Crippen molar-refractivity contribution in [3.8, 4) is 0 Å². The first-order chi connectivity index (χ1) is 4.18. The Morgan fingerprint density at radius 1 is 1.44 bits per heavy atom. The van der Waals surface area contributed by atoms with Gasteiger partial charge >= 0.3 is 0 Å². The summed E-state index contributed by atoms with van der Waals surface area (Å²) in [6, 6.07) is -0.579. The smallest absolute Gasteiger partial charge is 0.0702 e. The highest BCUT2D eigenvalue weighted by Crippen LogP contribution is 2.08. The van der Waals surface area contributed by atoms with Crippen molar-refractivity contribution >= 4 is 0 Å². The standard InChI is InChI=1S/C6H13F2N/c1-3-4-5-6(2)9(7)8/h6H,3-5H2,1-2H3. The molecule has 0 aliphatic carbocycles. The summed E-state index contributed by atoms with van der Waals surface area (Å²) in [7, 11) is 0. The Labute approximate surface area is 54.5 Å². The third-order valence-electron chi connectivity index (χ3n) is 1.31. The molecule has 1 unspecified atom stereocenters. The van der Waals surface area contributed by atoms with Crippen LogP contribution in [0, 0.1) is 0 Å². The molecule has 3 heteroatoms. The number of nitrogens with zero attached hydrogens (tertiary/aromatic N) is 1. The van der Waals surface area contributed by atoms with Crippen LogP contribution < -0.4 is 0 Å². The van der Waals surface area contributed by atoms with Crippen LogP contribution in [-0.4, -0.2) is 11.4 Å². The van der Waals surface area contributed by atoms with Gasteiger partial charge in [-0.05, 0) is 13.3 Å². The largest absolute Gasteiger partial charge is 0.101 e. The van der Waals surface area contributed by atoms with E-state index in [9.17, 15) is 8.96 Å². The van der Waals surface area contributed by atoms with Gasteiger partial charge in [-0.15, -0.1) is 8.96 Å². The van der Waals surface area contributed by atoms with E-state index >= 15 is 0 Å². The first-order valence-corrected chi connectivity index (χ1v) is 3.29. The van der Waals surface area contributed by atoms with Crippen LogP contribution in [0.3, 0.4) is 0 Å². The van der Waals surface area contributed by atoms with E-state index in [4.69, 9.17) is 0 Å². The Morgan fingerprint density at radius 2 is 2.00 bits per heavy atom. The predicted octanol–water partition coefficient (Wildman–Crippen LogP) is 2.64. The van der Waals surface area contributed by atoms with Crippen LogP contribution in [-0.2, 0) is 0 Å². The lowest BCUT2D eigenvalue weighted by molar-refractivity contribution is -0.184. The molecule has 0 fully saturated rings. The van der Waals surface area contributed by atoms with E-state index in [1.54, 1.807) is 0 Å². The molecular formula is C6H13F2N. The molecule has 0 bridgehead atoms. The molecule has 0 aliphatic heterocycles. The van der Waals surface area contributed by atoms with Gasteiger partial charge in [0.05, 0.1) is 6.04 Å². The molecule has 56 valence electrons. The monoisotopic (exact) mass is 137 g/mol. The minimum atomic E-state index is -0.727. The van der Waals surface area contributed by atoms with Gasteiger partial charge in [0.2, 0.25) is 0 Å². The van der Waals surface area contributed by atoms with Crippen LogP contribution in [0.1, 0.15) is 33.1 Å². The SMILES string of the molecule is CCCCC(C)N(F)F. The first-order valence-electron chi connectivity index (χ1n) is 3.29. The highest BCUT2D eigenvalue weighted by Gasteiger charge is 2.09. The maximum atomic E-state index is 11.6. The molecule has 0 saturated heterocycles. The second kappa shape index (κ2) is 4.68. The summed E-state index contributed by atoms with van der Waals surface area (Å²) in [6.45, 7) is 3.52. The van der Waals surface area contributed by atoms with E-state index in [1.807, 2.05) is 6.92 Å². The fourth-order valence-electron chi connectivity index (χ4n) is 0.597. The number of rotatable bonds is 4. The average molecular weight is 137 g/mol. The van der Waals surface area contributed by atoms with Gasteiger partial charge < -0.3 is 0 Å². The third-order valence-corrected chi connectivity index (χ3v) is 1.31. The summed E-state index contributed by atoms with van der Waals surface area (Å²) < 4.78 is 23.2. The zero-order valence-corrected chi connectivity index (χ0v) is 5.90. The van der Waals surface area contributed by atoms with Crippen molar-refractivity contribution in [1.82, 2.24) is 5.34 Å². The molecule has 0 radical (unpaired) electrons. The van der Waals surface area contributed by atoms with Crippen LogP contribution in [0.15, 0.2) is 0 Å². The van der Waals surface area contributed by atoms with Crippen LogP contribution in [0.5, 0.6) is 0 Å². The zero-order chi connectivity index (χ0) is 7.28. The van der Waals surface area contributed by atoms with Gasteiger partial charge in [0, 0.05) is 5.34 Å². The van der Waals surface area contributed by atoms with Crippen LogP contribution in [0.25, 0.3) is 0 Å². The molecule has 0 aliphatic rings. The van der Waals surface area contributed by atoms with Gasteiger partial charge in [-0.25, -0.2) is 0 Å². The molecule has 9 heavy (non-hydrogen) atoms. The van der Waals surface area contributed by atoms with E-state index in [0.717, 1.165) is 12.8 Å². The van der Waals surface area contributed by atoms with Crippen LogP contribution >= 0.6 is 0 Å². The molecule has 0 aromatic rings. The number of hydrogen-bond donors (Lipinski definition) is 0. The first kappa shape index (κ1) is 8.82. The van der Waals surface area contributed by atoms with Crippen molar-refractivity contribution in [3.63, 3.8) is 0 Å². The number of unbranched alkanes of at least 4 members (excludes halogenated alkanes) is 1. The van der Waals surface area contributed by atoms with Crippen molar-refractivity contribution < 1.29 is 8.96 Å². The molecule has 0 rings (SSSR count). The van der Waals surface area contributed by atoms with Gasteiger partial charge in [-0.2, -0.15) is 0 Å². The molecular weight excluding hydrogens is 124 g/mol. The Kier molecular flexibility index (Phi) is 4.58. The van der Waals surface area contributed by atoms with Gasteiger partial charge in [0.25, 0.3) is 0 Å². The molecule has 0 N–H and O–H groups in total. The lowest BCUT2D eigenvalue weighted by Gasteiger charge is -2.08. The Morgan fingerprint density at radius 3 is 2.33 bits per heavy atom. The Hall–Kier alpha value is -0.180. The minimum Gasteiger partial charge on any atom is -0.101 e. The lowest BCUT2D eigenvalue weighted by Crippen LogP contribution is -2.16. The molecule has 1 atom stereocenters. The third kappa shape index (κ3) is 4.33. The van der Waals surface area contributed by atoms with Gasteiger partial charge in [0.1, 0.15) is 0 Å². The van der Waals surface area contributed by atoms with E-state index < -0.39 is 11.4 Å². The second-order valence-electron chi connectivity index (χ2n) is 2.25. The van der Waals surface area contributed by atoms with Crippen molar-refractivity contribution in [3.05, 3.63) is 0 Å². The summed E-state index contributed by atoms with van der Waals surface area (Å²) >= 11 is 0. The minimum absolute atomic E-state index is 0.579. The fourth-order valence-corrected chi connectivity index (χ4v) is 0.597. The molecule has 0 aromatic heterocycles. The van der Waals surface area contributed by atoms with Crippen molar-refractivity contribution in [1.29, 1.82) is 0 Å². The molecule has 0 heterocycles. The maximum absolute atomic E-state index is 11.6. The normalized spacial score (nSPS) is 14.3. The van der Waals surface area contributed by atoms with Crippen molar-refractivity contribution in [2.75, 3.05) is 0 Å². The van der Waals surface area contributed by atoms with Gasteiger partial charge in [-0.1, -0.05) is 19.8 Å². The molecule has 1 nitrogen and oxygen atoms in total. The van der Waals surface area contributed by atoms with E-state index in [2.05, 4.69) is 0 Å². The fraction of sp³-hybridized carbons (Fsp3) is 1.00. The molecule has 0 aromatic carbocycles. The quantitative estimate of drug-likeness (QED) is 0.538. The summed E-state index contributed by atoms with van der Waals surface area (Å²) in [4.78, 5) is 0. The molecule has 0 spiro atoms. The van der Waals surface area contributed by atoms with Gasteiger partial charge in [-0.3, -0.25) is 0 Å². The summed E-state index contributed by atoms with van der Waals surface area (Å²) in [5.74, 6) is 0. The number of halogens is 2. The lowest BCUT2D eigenvalue weighted by atomic mass is 10.2. The van der Waals surface area contributed by atoms with E-state index in [-0.39, 0.29) is 0 Å². The highest BCUT2D eigenvalue weighted by molar-refractivity contribution is 4.51. The predicted molar refractivity (Wildman–Crippen MR) is 33.0 cm³/mol. The van der Waals surface area contributed by atoms with Crippen LogP contribution in [0.4, 0.5) is 8.96 Å². The topological polar surface area (TPSA) is 3.24 Å². The van der Waals surface area contributed by atoms with E-state index in [1.165, 1.54) is 6.92 Å².